The van der Waals surface area contributed by atoms with Gasteiger partial charge in [-0.1, -0.05) is 18.2 Å². The molecular formula is C18H23ClN2S. The smallest absolute Gasteiger partial charge is 0.170 e. The van der Waals surface area contributed by atoms with Crippen molar-refractivity contribution in [2.24, 2.45) is 17.3 Å². The molecule has 0 spiro atoms. The Kier molecular flexibility index (Phi) is 3.61. The van der Waals surface area contributed by atoms with Gasteiger partial charge in [-0.2, -0.15) is 0 Å². The fourth-order valence-electron chi connectivity index (χ4n) is 5.51. The van der Waals surface area contributed by atoms with Crippen molar-refractivity contribution in [3.8, 4) is 0 Å². The fraction of sp³-hybridized carbons (Fsp3) is 0.611. The zero-order chi connectivity index (χ0) is 15.2. The van der Waals surface area contributed by atoms with Crippen molar-refractivity contribution >= 4 is 34.6 Å². The first-order valence-corrected chi connectivity index (χ1v) is 9.12. The first kappa shape index (κ1) is 14.8. The molecule has 2 unspecified atom stereocenters. The highest BCUT2D eigenvalue weighted by molar-refractivity contribution is 7.80. The number of nitrogens with one attached hydrogen (secondary N) is 2. The average molecular weight is 335 g/mol. The molecule has 4 saturated carbocycles. The van der Waals surface area contributed by atoms with Gasteiger partial charge in [0.1, 0.15) is 0 Å². The summed E-state index contributed by atoms with van der Waals surface area (Å²) in [7, 11) is 0. The molecule has 5 rings (SSSR count). The van der Waals surface area contributed by atoms with Crippen LogP contribution >= 0.6 is 23.8 Å². The van der Waals surface area contributed by atoms with E-state index in [1.807, 2.05) is 30.3 Å². The number of para-hydroxylation sites is 1. The average Bonchev–Trinajstić information content (AvgIpc) is 2.44. The molecule has 0 radical (unpaired) electrons. The lowest BCUT2D eigenvalue weighted by molar-refractivity contribution is -0.0364. The van der Waals surface area contributed by atoms with Crippen molar-refractivity contribution in [3.63, 3.8) is 0 Å². The summed E-state index contributed by atoms with van der Waals surface area (Å²) in [6, 6.07) is 10.1. The Morgan fingerprint density at radius 3 is 2.45 bits per heavy atom. The van der Waals surface area contributed by atoms with Crippen molar-refractivity contribution in [3.05, 3.63) is 30.3 Å². The van der Waals surface area contributed by atoms with E-state index in [0.717, 1.165) is 35.6 Å². The van der Waals surface area contributed by atoms with Gasteiger partial charge in [-0.15, -0.1) is 11.6 Å². The summed E-state index contributed by atoms with van der Waals surface area (Å²) in [5.74, 6) is 1.69. The summed E-state index contributed by atoms with van der Waals surface area (Å²) in [6.45, 7) is 0.965. The molecule has 2 nitrogen and oxygen atoms in total. The quantitative estimate of drug-likeness (QED) is 0.626. The lowest BCUT2D eigenvalue weighted by atomic mass is 9.49. The van der Waals surface area contributed by atoms with Gasteiger partial charge in [-0.05, 0) is 80.1 Å². The van der Waals surface area contributed by atoms with Crippen LogP contribution in [0.25, 0.3) is 0 Å². The summed E-state index contributed by atoms with van der Waals surface area (Å²) >= 11 is 12.4. The van der Waals surface area contributed by atoms with Crippen molar-refractivity contribution in [1.82, 2.24) is 5.32 Å². The van der Waals surface area contributed by atoms with Crippen LogP contribution in [0.4, 0.5) is 5.69 Å². The van der Waals surface area contributed by atoms with E-state index in [2.05, 4.69) is 10.6 Å². The fourth-order valence-corrected chi connectivity index (χ4v) is 6.42. The standard InChI is InChI=1S/C18H23ClN2S/c19-18-9-13-6-14(10-18)8-17(7-13,11-18)12-20-16(22)21-15-4-2-1-3-5-15/h1-5,13-14H,6-12H2,(H2,20,21,22). The summed E-state index contributed by atoms with van der Waals surface area (Å²) in [5, 5.41) is 7.47. The van der Waals surface area contributed by atoms with Crippen LogP contribution in [0.3, 0.4) is 0 Å². The molecule has 2 atom stereocenters. The van der Waals surface area contributed by atoms with Gasteiger partial charge < -0.3 is 10.6 Å². The van der Waals surface area contributed by atoms with Gasteiger partial charge >= 0.3 is 0 Å². The number of alkyl halides is 1. The summed E-state index contributed by atoms with van der Waals surface area (Å²) in [4.78, 5) is 0.0836. The second-order valence-electron chi connectivity index (χ2n) is 7.79. The molecule has 118 valence electrons. The zero-order valence-electron chi connectivity index (χ0n) is 12.8. The second-order valence-corrected chi connectivity index (χ2v) is 9.00. The number of hydrogen-bond donors (Lipinski definition) is 2. The molecule has 0 amide bonds. The van der Waals surface area contributed by atoms with Crippen molar-refractivity contribution in [2.45, 2.75) is 43.4 Å². The predicted octanol–water partition coefficient (Wildman–Crippen LogP) is 4.55. The molecule has 0 aromatic heterocycles. The summed E-state index contributed by atoms with van der Waals surface area (Å²) in [6.07, 6.45) is 7.70. The van der Waals surface area contributed by atoms with Gasteiger partial charge in [0.25, 0.3) is 0 Å². The second kappa shape index (κ2) is 5.38. The molecule has 1 aromatic rings. The molecule has 4 fully saturated rings. The number of benzene rings is 1. The van der Waals surface area contributed by atoms with Crippen LogP contribution in [0.15, 0.2) is 30.3 Å². The third-order valence-corrected chi connectivity index (χ3v) is 6.46. The third kappa shape index (κ3) is 2.85. The van der Waals surface area contributed by atoms with Crippen LogP contribution in [-0.4, -0.2) is 16.5 Å². The first-order chi connectivity index (χ1) is 10.5. The number of thiocarbonyl (C=S) groups is 1. The van der Waals surface area contributed by atoms with E-state index in [4.69, 9.17) is 23.8 Å². The first-order valence-electron chi connectivity index (χ1n) is 8.33. The molecule has 4 aliphatic rings. The molecule has 0 aliphatic heterocycles. The number of anilines is 1. The van der Waals surface area contributed by atoms with E-state index in [0.29, 0.717) is 5.41 Å². The van der Waals surface area contributed by atoms with Crippen LogP contribution in [0, 0.1) is 17.3 Å². The maximum atomic E-state index is 6.89. The lowest BCUT2D eigenvalue weighted by Gasteiger charge is -2.60. The Balaban J connectivity index is 1.38. The van der Waals surface area contributed by atoms with Gasteiger partial charge in [0.05, 0.1) is 0 Å². The van der Waals surface area contributed by atoms with E-state index in [-0.39, 0.29) is 4.87 Å². The van der Waals surface area contributed by atoms with Crippen molar-refractivity contribution in [2.75, 3.05) is 11.9 Å². The molecule has 4 aliphatic carbocycles. The van der Waals surface area contributed by atoms with Gasteiger partial charge in [0, 0.05) is 17.1 Å². The topological polar surface area (TPSA) is 24.1 Å². The highest BCUT2D eigenvalue weighted by Gasteiger charge is 2.56. The minimum Gasteiger partial charge on any atom is -0.362 e. The maximum absolute atomic E-state index is 6.89. The minimum absolute atomic E-state index is 0.0836. The molecule has 4 heteroatoms. The SMILES string of the molecule is S=C(NCC12CC3CC(CC(Cl)(C3)C1)C2)Nc1ccccc1. The molecular weight excluding hydrogens is 312 g/mol. The van der Waals surface area contributed by atoms with Crippen molar-refractivity contribution in [1.29, 1.82) is 0 Å². The maximum Gasteiger partial charge on any atom is 0.170 e. The van der Waals surface area contributed by atoms with Gasteiger partial charge in [-0.3, -0.25) is 0 Å². The number of hydrogen-bond acceptors (Lipinski definition) is 1. The van der Waals surface area contributed by atoms with Crippen LogP contribution in [0.5, 0.6) is 0 Å². The van der Waals surface area contributed by atoms with Crippen LogP contribution < -0.4 is 10.6 Å². The van der Waals surface area contributed by atoms with Crippen LogP contribution in [-0.2, 0) is 0 Å². The largest absolute Gasteiger partial charge is 0.362 e. The van der Waals surface area contributed by atoms with Gasteiger partial charge in [0.15, 0.2) is 5.11 Å². The number of halogens is 1. The molecule has 0 heterocycles. The van der Waals surface area contributed by atoms with Crippen LogP contribution in [0.1, 0.15) is 38.5 Å². The lowest BCUT2D eigenvalue weighted by Crippen LogP contribution is -2.56. The Morgan fingerprint density at radius 1 is 1.14 bits per heavy atom. The highest BCUT2D eigenvalue weighted by Crippen LogP contribution is 2.63. The third-order valence-electron chi connectivity index (χ3n) is 5.77. The van der Waals surface area contributed by atoms with E-state index >= 15 is 0 Å². The predicted molar refractivity (Wildman–Crippen MR) is 96.4 cm³/mol. The molecule has 22 heavy (non-hydrogen) atoms. The van der Waals surface area contributed by atoms with Gasteiger partial charge in [-0.25, -0.2) is 0 Å². The minimum atomic E-state index is 0.0836. The Morgan fingerprint density at radius 2 is 1.82 bits per heavy atom. The normalized spacial score (nSPS) is 38.8. The van der Waals surface area contributed by atoms with E-state index in [1.165, 1.54) is 32.1 Å². The summed E-state index contributed by atoms with van der Waals surface area (Å²) in [5.41, 5.74) is 1.41. The molecule has 4 bridgehead atoms. The Hall–Kier alpha value is -0.800. The number of rotatable bonds is 3. The molecule has 0 saturated heterocycles. The Labute approximate surface area is 143 Å². The van der Waals surface area contributed by atoms with Crippen molar-refractivity contribution < 1.29 is 0 Å². The van der Waals surface area contributed by atoms with Crippen LogP contribution in [0.2, 0.25) is 0 Å². The summed E-state index contributed by atoms with van der Waals surface area (Å²) < 4.78 is 0. The van der Waals surface area contributed by atoms with E-state index in [1.54, 1.807) is 0 Å². The van der Waals surface area contributed by atoms with Gasteiger partial charge in [0.2, 0.25) is 0 Å². The zero-order valence-corrected chi connectivity index (χ0v) is 14.3. The molecule has 2 N–H and O–H groups in total. The monoisotopic (exact) mass is 334 g/mol. The molecule has 1 aromatic carbocycles. The highest BCUT2D eigenvalue weighted by atomic mass is 35.5. The Bertz CT molecular complexity index is 560. The van der Waals surface area contributed by atoms with E-state index in [9.17, 15) is 0 Å². The van der Waals surface area contributed by atoms with E-state index < -0.39 is 0 Å².